The molecular formula is C8H11O3P. The number of hydrogen-bond donors (Lipinski definition) is 1. The molecule has 3 nitrogen and oxygen atoms in total. The van der Waals surface area contributed by atoms with Gasteiger partial charge in [-0.05, 0) is 0 Å². The summed E-state index contributed by atoms with van der Waals surface area (Å²) in [5, 5.41) is 0. The van der Waals surface area contributed by atoms with Crippen LogP contribution in [0.4, 0.5) is 0 Å². The van der Waals surface area contributed by atoms with Gasteiger partial charge >= 0.3 is 8.25 Å². The summed E-state index contributed by atoms with van der Waals surface area (Å²) in [6.45, 7) is 3.04. The molecule has 1 atom stereocenters. The molecule has 0 saturated carbocycles. The third-order valence-electron chi connectivity index (χ3n) is 0.851. The highest BCUT2D eigenvalue weighted by Gasteiger charge is 1.77. The lowest BCUT2D eigenvalue weighted by Gasteiger charge is -1.84. The number of rotatable bonds is 2. The fraction of sp³-hybridized carbons (Fsp3) is 0. The third-order valence-corrected chi connectivity index (χ3v) is 1.22. The van der Waals surface area contributed by atoms with Gasteiger partial charge in [0.25, 0.3) is 0 Å². The van der Waals surface area contributed by atoms with Crippen molar-refractivity contribution in [3.05, 3.63) is 49.2 Å². The Balaban J connectivity index is 0.000000202. The van der Waals surface area contributed by atoms with E-state index in [0.29, 0.717) is 0 Å². The molecule has 0 saturated heterocycles. The molecule has 1 unspecified atom stereocenters. The monoisotopic (exact) mass is 186 g/mol. The molecule has 0 spiro atoms. The van der Waals surface area contributed by atoms with Gasteiger partial charge in [-0.3, -0.25) is 0 Å². The quantitative estimate of drug-likeness (QED) is 0.569. The highest BCUT2D eigenvalue weighted by molar-refractivity contribution is 7.32. The molecule has 0 aliphatic heterocycles. The Morgan fingerprint density at radius 2 is 1.50 bits per heavy atom. The van der Waals surface area contributed by atoms with E-state index >= 15 is 0 Å². The summed E-state index contributed by atoms with van der Waals surface area (Å²) in [6, 6.07) is 12.0. The molecule has 1 rings (SSSR count). The smallest absolute Gasteiger partial charge is 0.364 e. The molecule has 1 aromatic carbocycles. The van der Waals surface area contributed by atoms with E-state index in [0.717, 1.165) is 6.26 Å². The molecule has 0 aliphatic carbocycles. The minimum absolute atomic E-state index is 0.932. The van der Waals surface area contributed by atoms with E-state index in [4.69, 9.17) is 4.89 Å². The Bertz CT molecular complexity index is 196. The predicted octanol–water partition coefficient (Wildman–Crippen LogP) is 2.22. The Morgan fingerprint density at radius 3 is 1.58 bits per heavy atom. The van der Waals surface area contributed by atoms with Gasteiger partial charge in [-0.15, -0.1) is 0 Å². The van der Waals surface area contributed by atoms with Gasteiger partial charge in [0, 0.05) is 0 Å². The molecule has 1 aromatic rings. The van der Waals surface area contributed by atoms with Crippen molar-refractivity contribution in [1.82, 2.24) is 0 Å². The number of benzene rings is 1. The van der Waals surface area contributed by atoms with Crippen molar-refractivity contribution in [2.45, 2.75) is 0 Å². The Morgan fingerprint density at radius 1 is 1.17 bits per heavy atom. The first-order valence-electron chi connectivity index (χ1n) is 3.28. The lowest BCUT2D eigenvalue weighted by Crippen LogP contribution is -1.55. The Kier molecular flexibility index (Phi) is 7.35. The zero-order chi connectivity index (χ0) is 9.23. The van der Waals surface area contributed by atoms with Gasteiger partial charge in [0.05, 0.1) is 6.26 Å². The molecule has 0 fully saturated rings. The Labute approximate surface area is 72.3 Å². The second kappa shape index (κ2) is 8.05. The second-order valence-electron chi connectivity index (χ2n) is 1.71. The highest BCUT2D eigenvalue weighted by Crippen LogP contribution is 2.12. The molecule has 66 valence electrons. The summed E-state index contributed by atoms with van der Waals surface area (Å²) in [6.07, 6.45) is 0.932. The molecule has 0 amide bonds. The standard InChI is InChI=1S/C6H6.C2H5O3P/c1-2-4-6-5-3-1;1-2-5-6(3)4/h1-6H;2,6H,1H2,(H,3,4). The fourth-order valence-corrected chi connectivity index (χ4v) is 0.599. The van der Waals surface area contributed by atoms with Gasteiger partial charge in [-0.1, -0.05) is 43.0 Å². The van der Waals surface area contributed by atoms with Crippen molar-refractivity contribution >= 4 is 8.25 Å². The summed E-state index contributed by atoms with van der Waals surface area (Å²) in [7, 11) is -2.75. The summed E-state index contributed by atoms with van der Waals surface area (Å²) in [5.41, 5.74) is 0. The molecule has 0 aromatic heterocycles. The minimum atomic E-state index is -2.75. The average molecular weight is 186 g/mol. The van der Waals surface area contributed by atoms with Crippen molar-refractivity contribution < 1.29 is 14.0 Å². The van der Waals surface area contributed by atoms with Gasteiger partial charge in [0.2, 0.25) is 0 Å². The topological polar surface area (TPSA) is 46.5 Å². The highest BCUT2D eigenvalue weighted by atomic mass is 31.1. The molecule has 0 radical (unpaired) electrons. The Hall–Kier alpha value is -1.05. The van der Waals surface area contributed by atoms with Crippen LogP contribution in [-0.2, 0) is 9.09 Å². The van der Waals surface area contributed by atoms with Crippen molar-refractivity contribution in [3.63, 3.8) is 0 Å². The van der Waals surface area contributed by atoms with Crippen molar-refractivity contribution in [2.75, 3.05) is 0 Å². The molecule has 12 heavy (non-hydrogen) atoms. The molecule has 1 N–H and O–H groups in total. The SMILES string of the molecule is C=CO[PH](=O)O.c1ccccc1. The molecule has 0 aliphatic rings. The summed E-state index contributed by atoms with van der Waals surface area (Å²) in [4.78, 5) is 7.81. The van der Waals surface area contributed by atoms with Crippen molar-refractivity contribution in [3.8, 4) is 0 Å². The summed E-state index contributed by atoms with van der Waals surface area (Å²) < 4.78 is 13.4. The maximum absolute atomic E-state index is 9.49. The lowest BCUT2D eigenvalue weighted by molar-refractivity contribution is 0.379. The first-order chi connectivity index (χ1) is 5.77. The van der Waals surface area contributed by atoms with Crippen molar-refractivity contribution in [1.29, 1.82) is 0 Å². The molecular weight excluding hydrogens is 175 g/mol. The van der Waals surface area contributed by atoms with Crippen LogP contribution < -0.4 is 0 Å². The first kappa shape index (κ1) is 11.0. The van der Waals surface area contributed by atoms with Crippen LogP contribution in [0.3, 0.4) is 0 Å². The van der Waals surface area contributed by atoms with E-state index in [1.807, 2.05) is 36.4 Å². The zero-order valence-electron chi connectivity index (χ0n) is 6.51. The zero-order valence-corrected chi connectivity index (χ0v) is 7.51. The van der Waals surface area contributed by atoms with E-state index in [-0.39, 0.29) is 0 Å². The average Bonchev–Trinajstić information content (AvgIpc) is 2.08. The van der Waals surface area contributed by atoms with Crippen LogP contribution in [0.2, 0.25) is 0 Å². The maximum Gasteiger partial charge on any atom is 0.364 e. The van der Waals surface area contributed by atoms with Crippen LogP contribution in [-0.4, -0.2) is 4.89 Å². The van der Waals surface area contributed by atoms with Crippen LogP contribution in [0.15, 0.2) is 49.2 Å². The van der Waals surface area contributed by atoms with Crippen molar-refractivity contribution in [2.24, 2.45) is 0 Å². The maximum atomic E-state index is 9.49. The lowest BCUT2D eigenvalue weighted by atomic mass is 10.4. The van der Waals surface area contributed by atoms with E-state index in [1.165, 1.54) is 0 Å². The predicted molar refractivity (Wildman–Crippen MR) is 48.9 cm³/mol. The van der Waals surface area contributed by atoms with E-state index in [9.17, 15) is 4.57 Å². The van der Waals surface area contributed by atoms with Crippen LogP contribution in [0.1, 0.15) is 0 Å². The van der Waals surface area contributed by atoms with Gasteiger partial charge in [-0.2, -0.15) is 0 Å². The van der Waals surface area contributed by atoms with Crippen LogP contribution in [0, 0.1) is 0 Å². The normalized spacial score (nSPS) is 10.4. The molecule has 0 heterocycles. The van der Waals surface area contributed by atoms with E-state index in [2.05, 4.69) is 11.1 Å². The first-order valence-corrected chi connectivity index (χ1v) is 4.54. The second-order valence-corrected chi connectivity index (χ2v) is 2.47. The van der Waals surface area contributed by atoms with Gasteiger partial charge in [0.15, 0.2) is 0 Å². The largest absolute Gasteiger partial charge is 0.435 e. The summed E-state index contributed by atoms with van der Waals surface area (Å²) in [5.74, 6) is 0. The minimum Gasteiger partial charge on any atom is -0.435 e. The van der Waals surface area contributed by atoms with Crippen LogP contribution in [0.25, 0.3) is 0 Å². The van der Waals surface area contributed by atoms with Gasteiger partial charge < -0.3 is 9.42 Å². The molecule has 0 bridgehead atoms. The third kappa shape index (κ3) is 8.95. The van der Waals surface area contributed by atoms with Gasteiger partial charge in [-0.25, -0.2) is 4.57 Å². The fourth-order valence-electron chi connectivity index (χ4n) is 0.456. The van der Waals surface area contributed by atoms with Crippen LogP contribution >= 0.6 is 8.25 Å². The van der Waals surface area contributed by atoms with E-state index in [1.54, 1.807) is 0 Å². The summed E-state index contributed by atoms with van der Waals surface area (Å²) >= 11 is 0. The molecule has 4 heteroatoms. The number of hydrogen-bond acceptors (Lipinski definition) is 2. The van der Waals surface area contributed by atoms with Gasteiger partial charge in [0.1, 0.15) is 0 Å². The van der Waals surface area contributed by atoms with Crippen LogP contribution in [0.5, 0.6) is 0 Å². The van der Waals surface area contributed by atoms with E-state index < -0.39 is 8.25 Å².